The van der Waals surface area contributed by atoms with Crippen LogP contribution in [-0.4, -0.2) is 44.4 Å². The first kappa shape index (κ1) is 24.0. The van der Waals surface area contributed by atoms with Crippen molar-refractivity contribution in [1.29, 1.82) is 0 Å². The van der Waals surface area contributed by atoms with Crippen LogP contribution >= 0.6 is 24.0 Å². The molecule has 0 aliphatic carbocycles. The van der Waals surface area contributed by atoms with Crippen LogP contribution in [0, 0.1) is 0 Å². The molecule has 0 saturated heterocycles. The Bertz CT molecular complexity index is 909. The maximum absolute atomic E-state index is 5.59. The highest BCUT2D eigenvalue weighted by atomic mass is 127. The van der Waals surface area contributed by atoms with Crippen molar-refractivity contribution in [2.24, 2.45) is 4.99 Å². The molecule has 2 N–H and O–H groups in total. The average Bonchev–Trinajstić information content (AvgIpc) is 3.17. The fourth-order valence-corrected chi connectivity index (χ4v) is 3.14. The number of aliphatic imine (C=N–C) groups is 1. The molecule has 162 valence electrons. The Morgan fingerprint density at radius 1 is 1.00 bits per heavy atom. The van der Waals surface area contributed by atoms with Crippen LogP contribution in [-0.2, 0) is 17.8 Å². The average molecular weight is 522 g/mol. The minimum absolute atomic E-state index is 0. The Hall–Kier alpha value is -2.26. The largest absolute Gasteiger partial charge is 0.491 e. The molecule has 0 amide bonds. The van der Waals surface area contributed by atoms with Crippen LogP contribution in [0.2, 0.25) is 0 Å². The normalized spacial score (nSPS) is 11.2. The van der Waals surface area contributed by atoms with Gasteiger partial charge in [0.25, 0.3) is 0 Å². The number of nitrogens with one attached hydrogen (secondary N) is 2. The summed E-state index contributed by atoms with van der Waals surface area (Å²) in [6.07, 6.45) is 3.17. The van der Waals surface area contributed by atoms with Crippen LogP contribution in [0.1, 0.15) is 12.0 Å². The molecular weight excluding hydrogens is 491 g/mol. The smallest absolute Gasteiger partial charge is 0.191 e. The van der Waals surface area contributed by atoms with Gasteiger partial charge in [0.05, 0.1) is 6.61 Å². The molecule has 0 aliphatic rings. The Balaban J connectivity index is 0.00000320. The lowest BCUT2D eigenvalue weighted by molar-refractivity contribution is 0.146. The zero-order chi connectivity index (χ0) is 20.3. The van der Waals surface area contributed by atoms with Crippen molar-refractivity contribution >= 4 is 40.8 Å². The van der Waals surface area contributed by atoms with E-state index in [1.54, 1.807) is 14.2 Å². The summed E-state index contributed by atoms with van der Waals surface area (Å²) in [5.74, 6) is 1.66. The second kappa shape index (κ2) is 13.1. The molecule has 7 heteroatoms. The molecule has 0 spiro atoms. The predicted octanol–water partition coefficient (Wildman–Crippen LogP) is 4.04. The summed E-state index contributed by atoms with van der Waals surface area (Å²) in [6.45, 7) is 3.69. The van der Waals surface area contributed by atoms with Gasteiger partial charge in [0.1, 0.15) is 12.4 Å². The molecule has 3 aromatic rings. The van der Waals surface area contributed by atoms with E-state index in [-0.39, 0.29) is 24.0 Å². The van der Waals surface area contributed by atoms with Gasteiger partial charge in [-0.25, -0.2) is 0 Å². The van der Waals surface area contributed by atoms with Gasteiger partial charge in [-0.15, -0.1) is 24.0 Å². The molecule has 0 fully saturated rings. The first-order valence-corrected chi connectivity index (χ1v) is 9.99. The van der Waals surface area contributed by atoms with Gasteiger partial charge < -0.3 is 24.7 Å². The molecular formula is C23H31IN4O2. The van der Waals surface area contributed by atoms with Crippen molar-refractivity contribution in [1.82, 2.24) is 15.2 Å². The van der Waals surface area contributed by atoms with E-state index in [2.05, 4.69) is 68.9 Å². The van der Waals surface area contributed by atoms with Gasteiger partial charge in [0.15, 0.2) is 5.96 Å². The summed E-state index contributed by atoms with van der Waals surface area (Å²) >= 11 is 0. The zero-order valence-electron chi connectivity index (χ0n) is 17.6. The molecule has 2 aromatic carbocycles. The summed E-state index contributed by atoms with van der Waals surface area (Å²) in [5, 5.41) is 8.02. The molecule has 0 saturated carbocycles. The van der Waals surface area contributed by atoms with E-state index in [4.69, 9.17) is 9.47 Å². The van der Waals surface area contributed by atoms with Gasteiger partial charge in [-0.2, -0.15) is 0 Å². The molecule has 0 atom stereocenters. The minimum atomic E-state index is 0. The molecule has 1 heterocycles. The number of guanidine groups is 1. The van der Waals surface area contributed by atoms with Crippen molar-refractivity contribution in [2.45, 2.75) is 19.5 Å². The maximum Gasteiger partial charge on any atom is 0.191 e. The number of hydrogen-bond donors (Lipinski definition) is 2. The number of hydrogen-bond acceptors (Lipinski definition) is 3. The fraction of sp³-hybridized carbons (Fsp3) is 0.348. The quantitative estimate of drug-likeness (QED) is 0.183. The van der Waals surface area contributed by atoms with Crippen LogP contribution in [0.5, 0.6) is 5.75 Å². The number of fused-ring (bicyclic) bond motifs is 1. The van der Waals surface area contributed by atoms with Crippen LogP contribution in [0.25, 0.3) is 10.9 Å². The third-order valence-corrected chi connectivity index (χ3v) is 4.71. The molecule has 0 aliphatic heterocycles. The van der Waals surface area contributed by atoms with Crippen molar-refractivity contribution in [3.8, 4) is 5.75 Å². The monoisotopic (exact) mass is 522 g/mol. The standard InChI is InChI=1S/C23H30N4O2.HI/c1-24-23(26-18-19-8-10-21(11-9-19)29-17-16-28-2)25-13-5-14-27-15-12-20-6-3-4-7-22(20)27;/h3-4,6-12,15H,5,13-14,16-18H2,1-2H3,(H2,24,25,26);1H. The van der Waals surface area contributed by atoms with Gasteiger partial charge in [0.2, 0.25) is 0 Å². The lowest BCUT2D eigenvalue weighted by Crippen LogP contribution is -2.37. The highest BCUT2D eigenvalue weighted by Gasteiger charge is 2.02. The SMILES string of the molecule is CN=C(NCCCn1ccc2ccccc21)NCc1ccc(OCCOC)cc1.I. The van der Waals surface area contributed by atoms with E-state index in [0.29, 0.717) is 19.8 Å². The predicted molar refractivity (Wildman–Crippen MR) is 134 cm³/mol. The summed E-state index contributed by atoms with van der Waals surface area (Å²) in [7, 11) is 3.46. The minimum Gasteiger partial charge on any atom is -0.491 e. The second-order valence-corrected chi connectivity index (χ2v) is 6.76. The summed E-state index contributed by atoms with van der Waals surface area (Å²) < 4.78 is 12.9. The van der Waals surface area contributed by atoms with Crippen LogP contribution < -0.4 is 15.4 Å². The van der Waals surface area contributed by atoms with E-state index in [9.17, 15) is 0 Å². The highest BCUT2D eigenvalue weighted by Crippen LogP contribution is 2.15. The zero-order valence-corrected chi connectivity index (χ0v) is 20.0. The Labute approximate surface area is 195 Å². The second-order valence-electron chi connectivity index (χ2n) is 6.76. The number of rotatable bonds is 10. The van der Waals surface area contributed by atoms with Crippen molar-refractivity contribution in [3.63, 3.8) is 0 Å². The van der Waals surface area contributed by atoms with E-state index >= 15 is 0 Å². The van der Waals surface area contributed by atoms with Crippen LogP contribution in [0.4, 0.5) is 0 Å². The Morgan fingerprint density at radius 2 is 1.80 bits per heavy atom. The highest BCUT2D eigenvalue weighted by molar-refractivity contribution is 14.0. The molecule has 30 heavy (non-hydrogen) atoms. The van der Waals surface area contributed by atoms with E-state index in [1.807, 2.05) is 12.1 Å². The number of halogens is 1. The number of ether oxygens (including phenoxy) is 2. The third kappa shape index (κ3) is 7.21. The molecule has 6 nitrogen and oxygen atoms in total. The van der Waals surface area contributed by atoms with Crippen molar-refractivity contribution in [3.05, 3.63) is 66.4 Å². The first-order chi connectivity index (χ1) is 14.3. The van der Waals surface area contributed by atoms with Crippen molar-refractivity contribution < 1.29 is 9.47 Å². The molecule has 1 aromatic heterocycles. The van der Waals surface area contributed by atoms with E-state index < -0.39 is 0 Å². The van der Waals surface area contributed by atoms with Crippen LogP contribution in [0.15, 0.2) is 65.8 Å². The molecule has 0 radical (unpaired) electrons. The number of para-hydroxylation sites is 1. The number of benzene rings is 2. The number of nitrogens with zero attached hydrogens (tertiary/aromatic N) is 2. The van der Waals surface area contributed by atoms with E-state index in [1.165, 1.54) is 16.5 Å². The fourth-order valence-electron chi connectivity index (χ4n) is 3.14. The van der Waals surface area contributed by atoms with Crippen molar-refractivity contribution in [2.75, 3.05) is 33.9 Å². The third-order valence-electron chi connectivity index (χ3n) is 4.71. The number of methoxy groups -OCH3 is 1. The molecule has 3 rings (SSSR count). The Morgan fingerprint density at radius 3 is 2.57 bits per heavy atom. The molecule has 0 bridgehead atoms. The first-order valence-electron chi connectivity index (χ1n) is 9.99. The van der Waals surface area contributed by atoms with Crippen LogP contribution in [0.3, 0.4) is 0 Å². The molecule has 0 unspecified atom stereocenters. The van der Waals surface area contributed by atoms with Gasteiger partial charge in [0, 0.05) is 45.5 Å². The summed E-state index contributed by atoms with van der Waals surface area (Å²) in [4.78, 5) is 4.30. The number of aryl methyl sites for hydroxylation is 1. The van der Waals surface area contributed by atoms with Gasteiger partial charge >= 0.3 is 0 Å². The lowest BCUT2D eigenvalue weighted by Gasteiger charge is -2.13. The van der Waals surface area contributed by atoms with Gasteiger partial charge in [-0.05, 0) is 41.6 Å². The number of aromatic nitrogens is 1. The van der Waals surface area contributed by atoms with E-state index in [0.717, 1.165) is 31.2 Å². The lowest BCUT2D eigenvalue weighted by atomic mass is 10.2. The van der Waals surface area contributed by atoms with Gasteiger partial charge in [-0.1, -0.05) is 30.3 Å². The topological polar surface area (TPSA) is 59.8 Å². The Kier molecular flexibility index (Phi) is 10.5. The summed E-state index contributed by atoms with van der Waals surface area (Å²) in [5.41, 5.74) is 2.45. The van der Waals surface area contributed by atoms with Gasteiger partial charge in [-0.3, -0.25) is 4.99 Å². The summed E-state index contributed by atoms with van der Waals surface area (Å²) in [6, 6.07) is 18.7. The maximum atomic E-state index is 5.59.